The molecule has 2 N–H and O–H groups in total. The Labute approximate surface area is 96.4 Å². The SMILES string of the molecule is COc1ccc(C(C)C2CCCN2)cc1O. The van der Waals surface area contributed by atoms with Crippen molar-refractivity contribution in [1.82, 2.24) is 5.32 Å². The molecular weight excluding hydrogens is 202 g/mol. The van der Waals surface area contributed by atoms with E-state index in [9.17, 15) is 5.11 Å². The van der Waals surface area contributed by atoms with Crippen LogP contribution in [0, 0.1) is 0 Å². The number of rotatable bonds is 3. The third kappa shape index (κ3) is 2.14. The van der Waals surface area contributed by atoms with Crippen LogP contribution in [0.3, 0.4) is 0 Å². The van der Waals surface area contributed by atoms with Crippen LogP contribution in [0.4, 0.5) is 0 Å². The Morgan fingerprint density at radius 1 is 1.50 bits per heavy atom. The van der Waals surface area contributed by atoms with Gasteiger partial charge in [0.2, 0.25) is 0 Å². The number of phenolic OH excluding ortho intramolecular Hbond substituents is 1. The van der Waals surface area contributed by atoms with E-state index in [1.165, 1.54) is 12.8 Å². The zero-order chi connectivity index (χ0) is 11.5. The minimum atomic E-state index is 0.227. The maximum atomic E-state index is 9.74. The molecule has 1 aliphatic heterocycles. The van der Waals surface area contributed by atoms with Gasteiger partial charge in [0.25, 0.3) is 0 Å². The maximum Gasteiger partial charge on any atom is 0.160 e. The van der Waals surface area contributed by atoms with Crippen LogP contribution >= 0.6 is 0 Å². The van der Waals surface area contributed by atoms with Crippen molar-refractivity contribution in [1.29, 1.82) is 0 Å². The fraction of sp³-hybridized carbons (Fsp3) is 0.538. The summed E-state index contributed by atoms with van der Waals surface area (Å²) in [5.41, 5.74) is 1.16. The second kappa shape index (κ2) is 4.74. The van der Waals surface area contributed by atoms with Gasteiger partial charge in [-0.1, -0.05) is 13.0 Å². The Bertz CT molecular complexity index is 359. The number of hydrogen-bond donors (Lipinski definition) is 2. The first-order chi connectivity index (χ1) is 7.72. The van der Waals surface area contributed by atoms with E-state index in [4.69, 9.17) is 4.74 Å². The molecule has 2 unspecified atom stereocenters. The lowest BCUT2D eigenvalue weighted by atomic mass is 9.92. The summed E-state index contributed by atoms with van der Waals surface area (Å²) in [6, 6.07) is 6.20. The van der Waals surface area contributed by atoms with E-state index >= 15 is 0 Å². The van der Waals surface area contributed by atoms with Gasteiger partial charge in [0, 0.05) is 6.04 Å². The van der Waals surface area contributed by atoms with E-state index in [0.717, 1.165) is 12.1 Å². The Morgan fingerprint density at radius 3 is 2.88 bits per heavy atom. The number of hydrogen-bond acceptors (Lipinski definition) is 3. The van der Waals surface area contributed by atoms with Gasteiger partial charge in [0.05, 0.1) is 7.11 Å². The molecule has 1 fully saturated rings. The van der Waals surface area contributed by atoms with Crippen molar-refractivity contribution in [3.8, 4) is 11.5 Å². The molecule has 0 aromatic heterocycles. The highest BCUT2D eigenvalue weighted by molar-refractivity contribution is 5.43. The number of nitrogens with one attached hydrogen (secondary N) is 1. The monoisotopic (exact) mass is 221 g/mol. The zero-order valence-electron chi connectivity index (χ0n) is 9.86. The summed E-state index contributed by atoms with van der Waals surface area (Å²) >= 11 is 0. The van der Waals surface area contributed by atoms with Crippen molar-refractivity contribution < 1.29 is 9.84 Å². The summed E-state index contributed by atoms with van der Waals surface area (Å²) < 4.78 is 5.04. The van der Waals surface area contributed by atoms with E-state index in [1.807, 2.05) is 18.2 Å². The summed E-state index contributed by atoms with van der Waals surface area (Å²) in [6.45, 7) is 3.31. The van der Waals surface area contributed by atoms with Crippen LogP contribution < -0.4 is 10.1 Å². The molecule has 0 aliphatic carbocycles. The van der Waals surface area contributed by atoms with Crippen LogP contribution in [0.15, 0.2) is 18.2 Å². The van der Waals surface area contributed by atoms with Crippen LogP contribution in [0.25, 0.3) is 0 Å². The van der Waals surface area contributed by atoms with Gasteiger partial charge < -0.3 is 15.2 Å². The number of benzene rings is 1. The fourth-order valence-electron chi connectivity index (χ4n) is 2.36. The van der Waals surface area contributed by atoms with E-state index in [2.05, 4.69) is 12.2 Å². The molecule has 16 heavy (non-hydrogen) atoms. The number of ether oxygens (including phenoxy) is 1. The van der Waals surface area contributed by atoms with Crippen molar-refractivity contribution in [2.45, 2.75) is 31.7 Å². The second-order valence-electron chi connectivity index (χ2n) is 4.42. The van der Waals surface area contributed by atoms with Gasteiger partial charge in [0.1, 0.15) is 0 Å². The van der Waals surface area contributed by atoms with Gasteiger partial charge in [-0.15, -0.1) is 0 Å². The predicted molar refractivity (Wildman–Crippen MR) is 64.1 cm³/mol. The molecule has 1 aliphatic rings. The average Bonchev–Trinajstić information content (AvgIpc) is 2.81. The zero-order valence-corrected chi connectivity index (χ0v) is 9.86. The van der Waals surface area contributed by atoms with Crippen LogP contribution in [0.2, 0.25) is 0 Å². The minimum Gasteiger partial charge on any atom is -0.504 e. The van der Waals surface area contributed by atoms with E-state index in [1.54, 1.807) is 7.11 Å². The van der Waals surface area contributed by atoms with Gasteiger partial charge >= 0.3 is 0 Å². The van der Waals surface area contributed by atoms with Gasteiger partial charge in [-0.05, 0) is 43.0 Å². The fourth-order valence-corrected chi connectivity index (χ4v) is 2.36. The van der Waals surface area contributed by atoms with Gasteiger partial charge in [-0.25, -0.2) is 0 Å². The molecule has 0 bridgehead atoms. The molecule has 3 heteroatoms. The highest BCUT2D eigenvalue weighted by atomic mass is 16.5. The molecule has 2 atom stereocenters. The van der Waals surface area contributed by atoms with Crippen LogP contribution in [-0.4, -0.2) is 24.8 Å². The number of methoxy groups -OCH3 is 1. The molecule has 88 valence electrons. The van der Waals surface area contributed by atoms with Crippen molar-refractivity contribution >= 4 is 0 Å². The topological polar surface area (TPSA) is 41.5 Å². The van der Waals surface area contributed by atoms with Crippen molar-refractivity contribution in [3.05, 3.63) is 23.8 Å². The Balaban J connectivity index is 2.16. The lowest BCUT2D eigenvalue weighted by Crippen LogP contribution is -2.27. The lowest BCUT2D eigenvalue weighted by Gasteiger charge is -2.20. The van der Waals surface area contributed by atoms with Crippen molar-refractivity contribution in [2.24, 2.45) is 0 Å². The van der Waals surface area contributed by atoms with Crippen molar-refractivity contribution in [3.63, 3.8) is 0 Å². The summed E-state index contributed by atoms with van der Waals surface area (Å²) in [7, 11) is 1.57. The average molecular weight is 221 g/mol. The van der Waals surface area contributed by atoms with E-state index in [-0.39, 0.29) is 5.75 Å². The molecule has 1 aromatic carbocycles. The Morgan fingerprint density at radius 2 is 2.31 bits per heavy atom. The first kappa shape index (κ1) is 11.3. The smallest absolute Gasteiger partial charge is 0.160 e. The summed E-state index contributed by atoms with van der Waals surface area (Å²) in [6.07, 6.45) is 2.46. The molecule has 0 amide bonds. The highest BCUT2D eigenvalue weighted by Gasteiger charge is 2.22. The molecule has 0 spiro atoms. The lowest BCUT2D eigenvalue weighted by molar-refractivity contribution is 0.372. The number of phenols is 1. The largest absolute Gasteiger partial charge is 0.504 e. The standard InChI is InChI=1S/C13H19NO2/c1-9(11-4-3-7-14-11)10-5-6-13(16-2)12(15)8-10/h5-6,8-9,11,14-15H,3-4,7H2,1-2H3. The van der Waals surface area contributed by atoms with Gasteiger partial charge in [-0.3, -0.25) is 0 Å². The van der Waals surface area contributed by atoms with E-state index < -0.39 is 0 Å². The quantitative estimate of drug-likeness (QED) is 0.822. The molecule has 2 rings (SSSR count). The minimum absolute atomic E-state index is 0.227. The Kier molecular flexibility index (Phi) is 3.34. The molecule has 0 saturated carbocycles. The predicted octanol–water partition coefficient (Wildman–Crippen LogP) is 2.26. The molecule has 0 radical (unpaired) electrons. The van der Waals surface area contributed by atoms with Crippen molar-refractivity contribution in [2.75, 3.05) is 13.7 Å². The summed E-state index contributed by atoms with van der Waals surface area (Å²) in [5, 5.41) is 13.2. The van der Waals surface area contributed by atoms with Crippen LogP contribution in [0.1, 0.15) is 31.2 Å². The molecular formula is C13H19NO2. The van der Waals surface area contributed by atoms with Gasteiger partial charge in [0.15, 0.2) is 11.5 Å². The molecule has 3 nitrogen and oxygen atoms in total. The van der Waals surface area contributed by atoms with E-state index in [0.29, 0.717) is 17.7 Å². The summed E-state index contributed by atoms with van der Waals surface area (Å²) in [5.74, 6) is 1.19. The summed E-state index contributed by atoms with van der Waals surface area (Å²) in [4.78, 5) is 0. The second-order valence-corrected chi connectivity index (χ2v) is 4.42. The third-order valence-electron chi connectivity index (χ3n) is 3.43. The maximum absolute atomic E-state index is 9.74. The molecule has 1 aromatic rings. The molecule has 1 heterocycles. The first-order valence-electron chi connectivity index (χ1n) is 5.82. The van der Waals surface area contributed by atoms with Crippen LogP contribution in [-0.2, 0) is 0 Å². The third-order valence-corrected chi connectivity index (χ3v) is 3.43. The number of aromatic hydroxyl groups is 1. The van der Waals surface area contributed by atoms with Crippen LogP contribution in [0.5, 0.6) is 11.5 Å². The highest BCUT2D eigenvalue weighted by Crippen LogP contribution is 2.32. The van der Waals surface area contributed by atoms with Gasteiger partial charge in [-0.2, -0.15) is 0 Å². The first-order valence-corrected chi connectivity index (χ1v) is 5.82. The Hall–Kier alpha value is -1.22. The normalized spacial score (nSPS) is 22.0. The molecule has 1 saturated heterocycles.